The van der Waals surface area contributed by atoms with E-state index in [0.717, 1.165) is 5.56 Å². The summed E-state index contributed by atoms with van der Waals surface area (Å²) < 4.78 is 5.89. The van der Waals surface area contributed by atoms with Crippen LogP contribution in [0.5, 0.6) is 5.75 Å². The SMILES string of the molecule is O=C(c1ccccc1)[C@@H]1[C@H](Oc2ccccc2)C(=O)N1n1cc(-c2ccccc2)nn1. The summed E-state index contributed by atoms with van der Waals surface area (Å²) in [6.45, 7) is 0. The summed E-state index contributed by atoms with van der Waals surface area (Å²) in [7, 11) is 0. The van der Waals surface area contributed by atoms with Crippen LogP contribution in [0, 0.1) is 0 Å². The predicted octanol–water partition coefficient (Wildman–Crippen LogP) is 3.12. The number of β-lactam (4-membered cyclic amide) rings is 1. The van der Waals surface area contributed by atoms with Crippen molar-refractivity contribution in [3.8, 4) is 17.0 Å². The van der Waals surface area contributed by atoms with Gasteiger partial charge in [0.15, 0.2) is 11.8 Å². The van der Waals surface area contributed by atoms with Crippen LogP contribution in [0.2, 0.25) is 0 Å². The van der Waals surface area contributed by atoms with Crippen molar-refractivity contribution in [2.75, 3.05) is 5.01 Å². The van der Waals surface area contributed by atoms with E-state index in [1.807, 2.05) is 54.6 Å². The van der Waals surface area contributed by atoms with Crippen molar-refractivity contribution in [3.05, 3.63) is 103 Å². The highest BCUT2D eigenvalue weighted by molar-refractivity contribution is 6.15. The molecule has 7 heteroatoms. The highest BCUT2D eigenvalue weighted by Crippen LogP contribution is 2.28. The van der Waals surface area contributed by atoms with Crippen LogP contribution in [-0.4, -0.2) is 38.9 Å². The molecule has 0 spiro atoms. The highest BCUT2D eigenvalue weighted by atomic mass is 16.5. The molecule has 3 aromatic carbocycles. The fraction of sp³-hybridized carbons (Fsp3) is 0.0833. The van der Waals surface area contributed by atoms with E-state index in [1.165, 1.54) is 9.80 Å². The highest BCUT2D eigenvalue weighted by Gasteiger charge is 2.55. The minimum Gasteiger partial charge on any atom is -0.478 e. The van der Waals surface area contributed by atoms with Crippen LogP contribution in [-0.2, 0) is 4.79 Å². The number of carbonyl (C=O) groups is 2. The van der Waals surface area contributed by atoms with E-state index < -0.39 is 12.1 Å². The van der Waals surface area contributed by atoms with Gasteiger partial charge in [-0.25, -0.2) is 5.01 Å². The Kier molecular flexibility index (Phi) is 4.76. The van der Waals surface area contributed by atoms with E-state index in [0.29, 0.717) is 17.0 Å². The van der Waals surface area contributed by atoms with E-state index in [9.17, 15) is 9.59 Å². The molecule has 4 aromatic rings. The first-order valence-corrected chi connectivity index (χ1v) is 9.84. The lowest BCUT2D eigenvalue weighted by molar-refractivity contribution is -0.136. The molecular formula is C24H18N4O3. The number of ketones is 1. The van der Waals surface area contributed by atoms with Crippen LogP contribution in [0.4, 0.5) is 0 Å². The van der Waals surface area contributed by atoms with E-state index in [2.05, 4.69) is 10.3 Å². The van der Waals surface area contributed by atoms with Gasteiger partial charge in [0.2, 0.25) is 6.10 Å². The van der Waals surface area contributed by atoms with Gasteiger partial charge in [0.05, 0.1) is 6.20 Å². The zero-order valence-corrected chi connectivity index (χ0v) is 16.4. The van der Waals surface area contributed by atoms with Crippen LogP contribution in [0.25, 0.3) is 11.3 Å². The second-order valence-electron chi connectivity index (χ2n) is 7.10. The number of ether oxygens (including phenoxy) is 1. The third kappa shape index (κ3) is 3.46. The Morgan fingerprint density at radius 1 is 0.839 bits per heavy atom. The number of amides is 1. The van der Waals surface area contributed by atoms with Crippen molar-refractivity contribution < 1.29 is 14.3 Å². The largest absolute Gasteiger partial charge is 0.478 e. The molecule has 2 heterocycles. The lowest BCUT2D eigenvalue weighted by Gasteiger charge is -2.44. The first-order valence-electron chi connectivity index (χ1n) is 9.84. The van der Waals surface area contributed by atoms with Gasteiger partial charge in [0.1, 0.15) is 11.4 Å². The zero-order chi connectivity index (χ0) is 21.2. The first kappa shape index (κ1) is 18.7. The molecule has 7 nitrogen and oxygen atoms in total. The minimum absolute atomic E-state index is 0.224. The Labute approximate surface area is 178 Å². The number of benzene rings is 3. The third-order valence-electron chi connectivity index (χ3n) is 5.12. The van der Waals surface area contributed by atoms with Gasteiger partial charge in [-0.1, -0.05) is 78.9 Å². The third-order valence-corrected chi connectivity index (χ3v) is 5.12. The van der Waals surface area contributed by atoms with Gasteiger partial charge in [0, 0.05) is 11.1 Å². The molecule has 1 aliphatic rings. The smallest absolute Gasteiger partial charge is 0.287 e. The number of rotatable bonds is 6. The van der Waals surface area contributed by atoms with Gasteiger partial charge in [-0.2, -0.15) is 4.79 Å². The van der Waals surface area contributed by atoms with E-state index in [4.69, 9.17) is 4.74 Å². The molecule has 0 unspecified atom stereocenters. The molecule has 31 heavy (non-hydrogen) atoms. The van der Waals surface area contributed by atoms with Gasteiger partial charge >= 0.3 is 0 Å². The fourth-order valence-electron chi connectivity index (χ4n) is 3.56. The van der Waals surface area contributed by atoms with Crippen molar-refractivity contribution in [2.24, 2.45) is 0 Å². The van der Waals surface area contributed by atoms with Crippen molar-refractivity contribution in [3.63, 3.8) is 0 Å². The van der Waals surface area contributed by atoms with Crippen LogP contribution in [0.1, 0.15) is 10.4 Å². The lowest BCUT2D eigenvalue weighted by Crippen LogP contribution is -2.74. The second-order valence-corrected chi connectivity index (χ2v) is 7.10. The number of nitrogens with zero attached hydrogens (tertiary/aromatic N) is 4. The molecule has 0 radical (unpaired) electrons. The zero-order valence-electron chi connectivity index (χ0n) is 16.4. The fourth-order valence-corrected chi connectivity index (χ4v) is 3.56. The van der Waals surface area contributed by atoms with Gasteiger partial charge in [-0.15, -0.1) is 5.10 Å². The molecule has 0 bridgehead atoms. The maximum Gasteiger partial charge on any atom is 0.287 e. The summed E-state index contributed by atoms with van der Waals surface area (Å²) in [5.41, 5.74) is 1.96. The molecule has 2 atom stereocenters. The average molecular weight is 410 g/mol. The first-order chi connectivity index (χ1) is 15.2. The predicted molar refractivity (Wildman–Crippen MR) is 114 cm³/mol. The molecule has 152 valence electrons. The summed E-state index contributed by atoms with van der Waals surface area (Å²) in [6.07, 6.45) is 0.691. The second kappa shape index (κ2) is 7.87. The van der Waals surface area contributed by atoms with Crippen molar-refractivity contribution in [2.45, 2.75) is 12.1 Å². The van der Waals surface area contributed by atoms with Crippen LogP contribution in [0.15, 0.2) is 97.2 Å². The molecular weight excluding hydrogens is 392 g/mol. The van der Waals surface area contributed by atoms with E-state index >= 15 is 0 Å². The van der Waals surface area contributed by atoms with Crippen LogP contribution >= 0.6 is 0 Å². The molecule has 1 fully saturated rings. The Bertz CT molecular complexity index is 1210. The topological polar surface area (TPSA) is 77.3 Å². The standard InChI is InChI=1S/C24H18N4O3/c29-22(18-12-6-2-7-13-18)21-23(31-19-14-8-3-9-15-19)24(30)28(21)27-16-20(25-26-27)17-10-4-1-5-11-17/h1-16,21,23H/t21-,23+/m1/s1. The summed E-state index contributed by atoms with van der Waals surface area (Å²) in [4.78, 5) is 27.6. The summed E-state index contributed by atoms with van der Waals surface area (Å²) in [6, 6.07) is 26.5. The molecule has 0 aliphatic carbocycles. The molecule has 0 N–H and O–H groups in total. The van der Waals surface area contributed by atoms with E-state index in [1.54, 1.807) is 42.6 Å². The lowest BCUT2D eigenvalue weighted by atomic mass is 9.91. The normalized spacial score (nSPS) is 17.8. The Morgan fingerprint density at radius 3 is 2.13 bits per heavy atom. The van der Waals surface area contributed by atoms with Crippen molar-refractivity contribution in [1.82, 2.24) is 15.1 Å². The number of carbonyl (C=O) groups excluding carboxylic acids is 2. The van der Waals surface area contributed by atoms with Crippen molar-refractivity contribution >= 4 is 11.7 Å². The minimum atomic E-state index is -0.945. The van der Waals surface area contributed by atoms with Gasteiger partial charge in [-0.3, -0.25) is 9.59 Å². The van der Waals surface area contributed by atoms with Gasteiger partial charge < -0.3 is 4.74 Å². The van der Waals surface area contributed by atoms with Crippen molar-refractivity contribution in [1.29, 1.82) is 0 Å². The molecule has 1 aliphatic heterocycles. The number of para-hydroxylation sites is 1. The average Bonchev–Trinajstić information content (AvgIpc) is 3.31. The molecule has 1 aromatic heterocycles. The van der Waals surface area contributed by atoms with Crippen LogP contribution in [0.3, 0.4) is 0 Å². The summed E-state index contributed by atoms with van der Waals surface area (Å²) in [5, 5.41) is 9.56. The number of hydrogen-bond acceptors (Lipinski definition) is 5. The quantitative estimate of drug-likeness (QED) is 0.361. The Hall–Kier alpha value is -4.26. The molecule has 1 amide bonds. The van der Waals surface area contributed by atoms with Crippen LogP contribution < -0.4 is 9.75 Å². The number of Topliss-reactive ketones (excluding diaryl/α,β-unsaturated/α-hetero) is 1. The number of aromatic nitrogens is 3. The molecule has 1 saturated heterocycles. The maximum absolute atomic E-state index is 13.3. The molecule has 0 saturated carbocycles. The summed E-state index contributed by atoms with van der Waals surface area (Å²) >= 11 is 0. The summed E-state index contributed by atoms with van der Waals surface area (Å²) in [5.74, 6) is -0.0598. The van der Waals surface area contributed by atoms with Gasteiger partial charge in [-0.05, 0) is 17.3 Å². The van der Waals surface area contributed by atoms with Gasteiger partial charge in [0.25, 0.3) is 5.91 Å². The number of hydrogen-bond donors (Lipinski definition) is 0. The van der Waals surface area contributed by atoms with E-state index in [-0.39, 0.29) is 11.7 Å². The Balaban J connectivity index is 1.48. The monoisotopic (exact) mass is 410 g/mol. The molecule has 5 rings (SSSR count). The Morgan fingerprint density at radius 2 is 1.45 bits per heavy atom. The maximum atomic E-state index is 13.3.